The number of aliphatic hydroxyl groups is 1. The van der Waals surface area contributed by atoms with Crippen molar-refractivity contribution in [1.29, 1.82) is 0 Å². The van der Waals surface area contributed by atoms with Crippen LogP contribution in [0, 0.1) is 17.6 Å². The second-order valence-corrected chi connectivity index (χ2v) is 6.15. The fourth-order valence-corrected chi connectivity index (χ4v) is 2.97. The van der Waals surface area contributed by atoms with Gasteiger partial charge in [-0.15, -0.1) is 0 Å². The molecule has 5 heteroatoms. The first-order valence-corrected chi connectivity index (χ1v) is 8.09. The molecule has 2 aromatic rings. The Morgan fingerprint density at radius 1 is 1.12 bits per heavy atom. The van der Waals surface area contributed by atoms with Crippen LogP contribution in [0.1, 0.15) is 36.1 Å². The topological polar surface area (TPSA) is 41.5 Å². The molecule has 2 aromatic carbocycles. The third-order valence-corrected chi connectivity index (χ3v) is 4.43. The summed E-state index contributed by atoms with van der Waals surface area (Å²) in [5.74, 6) is -0.189. The minimum atomic E-state index is -1.23. The van der Waals surface area contributed by atoms with Crippen LogP contribution in [-0.4, -0.2) is 18.8 Å². The quantitative estimate of drug-likeness (QED) is 0.811. The number of hydrogen-bond acceptors (Lipinski definition) is 3. The van der Waals surface area contributed by atoms with E-state index >= 15 is 0 Å². The third kappa shape index (κ3) is 3.74. The van der Waals surface area contributed by atoms with Gasteiger partial charge >= 0.3 is 0 Å². The third-order valence-electron chi connectivity index (χ3n) is 4.43. The lowest BCUT2D eigenvalue weighted by atomic mass is 10.0. The number of aliphatic hydroxyl groups excluding tert-OH is 1. The number of methoxy groups -OCH3 is 1. The highest BCUT2D eigenvalue weighted by Crippen LogP contribution is 2.41. The van der Waals surface area contributed by atoms with Crippen LogP contribution in [0.15, 0.2) is 42.5 Å². The van der Waals surface area contributed by atoms with E-state index < -0.39 is 17.7 Å². The molecule has 0 heterocycles. The van der Waals surface area contributed by atoms with Crippen molar-refractivity contribution in [2.24, 2.45) is 5.92 Å². The molecule has 0 spiro atoms. The van der Waals surface area contributed by atoms with Crippen molar-refractivity contribution in [2.75, 3.05) is 13.7 Å². The molecule has 0 aromatic heterocycles. The summed E-state index contributed by atoms with van der Waals surface area (Å²) in [6.45, 7) is 0.0883. The lowest BCUT2D eigenvalue weighted by Crippen LogP contribution is -2.28. The summed E-state index contributed by atoms with van der Waals surface area (Å²) in [6.07, 6.45) is 0.979. The van der Waals surface area contributed by atoms with Gasteiger partial charge in [-0.25, -0.2) is 8.78 Å². The van der Waals surface area contributed by atoms with Gasteiger partial charge < -0.3 is 15.2 Å². The van der Waals surface area contributed by atoms with E-state index in [1.807, 2.05) is 24.3 Å². The van der Waals surface area contributed by atoms with Gasteiger partial charge in [0.05, 0.1) is 18.8 Å². The Labute approximate surface area is 140 Å². The van der Waals surface area contributed by atoms with Crippen LogP contribution < -0.4 is 10.1 Å². The number of ether oxygens (including phenoxy) is 1. The van der Waals surface area contributed by atoms with Crippen molar-refractivity contribution < 1.29 is 18.6 Å². The summed E-state index contributed by atoms with van der Waals surface area (Å²) < 4.78 is 32.7. The van der Waals surface area contributed by atoms with Crippen molar-refractivity contribution in [2.45, 2.75) is 25.0 Å². The molecule has 128 valence electrons. The van der Waals surface area contributed by atoms with Gasteiger partial charge in [0.15, 0.2) is 0 Å². The van der Waals surface area contributed by atoms with Crippen LogP contribution in [0.5, 0.6) is 5.75 Å². The average molecular weight is 333 g/mol. The zero-order valence-electron chi connectivity index (χ0n) is 13.5. The molecule has 0 radical (unpaired) electrons. The monoisotopic (exact) mass is 333 g/mol. The smallest absolute Gasteiger partial charge is 0.131 e. The molecular formula is C19H21F2NO2. The molecule has 2 atom stereocenters. The molecule has 1 fully saturated rings. The summed E-state index contributed by atoms with van der Waals surface area (Å²) in [5, 5.41) is 13.5. The maximum Gasteiger partial charge on any atom is 0.131 e. The molecule has 0 amide bonds. The Kier molecular flexibility index (Phi) is 5.11. The van der Waals surface area contributed by atoms with E-state index in [1.165, 1.54) is 6.07 Å². The van der Waals surface area contributed by atoms with Gasteiger partial charge in [-0.3, -0.25) is 0 Å². The molecule has 0 aliphatic heterocycles. The molecule has 1 aliphatic carbocycles. The first kappa shape index (κ1) is 16.9. The van der Waals surface area contributed by atoms with E-state index in [4.69, 9.17) is 4.74 Å². The maximum absolute atomic E-state index is 13.8. The van der Waals surface area contributed by atoms with Gasteiger partial charge in [-0.05, 0) is 48.6 Å². The van der Waals surface area contributed by atoms with Crippen molar-refractivity contribution in [3.8, 4) is 5.75 Å². The molecule has 24 heavy (non-hydrogen) atoms. The van der Waals surface area contributed by atoms with Crippen LogP contribution in [0.3, 0.4) is 0 Å². The predicted octanol–water partition coefficient (Wildman–Crippen LogP) is 3.75. The number of rotatable bonds is 7. The van der Waals surface area contributed by atoms with Crippen molar-refractivity contribution >= 4 is 0 Å². The second kappa shape index (κ2) is 7.28. The Morgan fingerprint density at radius 3 is 2.29 bits per heavy atom. The highest BCUT2D eigenvalue weighted by molar-refractivity contribution is 5.30. The van der Waals surface area contributed by atoms with Crippen molar-refractivity contribution in [3.63, 3.8) is 0 Å². The van der Waals surface area contributed by atoms with Gasteiger partial charge in [0.2, 0.25) is 0 Å². The van der Waals surface area contributed by atoms with E-state index in [-0.39, 0.29) is 18.2 Å². The minimum Gasteiger partial charge on any atom is -0.497 e. The zero-order valence-corrected chi connectivity index (χ0v) is 13.5. The van der Waals surface area contributed by atoms with E-state index in [0.29, 0.717) is 5.92 Å². The molecule has 3 nitrogen and oxygen atoms in total. The molecule has 1 aliphatic rings. The van der Waals surface area contributed by atoms with Crippen LogP contribution >= 0.6 is 0 Å². The van der Waals surface area contributed by atoms with Crippen molar-refractivity contribution in [3.05, 3.63) is 65.2 Å². The van der Waals surface area contributed by atoms with Gasteiger partial charge in [0, 0.05) is 12.6 Å². The summed E-state index contributed by atoms with van der Waals surface area (Å²) in [5.41, 5.74) is 0.800. The molecule has 0 bridgehead atoms. The number of nitrogens with one attached hydrogen (secondary N) is 1. The maximum atomic E-state index is 13.8. The van der Waals surface area contributed by atoms with Gasteiger partial charge in [0.1, 0.15) is 17.4 Å². The lowest BCUT2D eigenvalue weighted by molar-refractivity contribution is 0.159. The van der Waals surface area contributed by atoms with E-state index in [9.17, 15) is 13.9 Å². The molecule has 2 N–H and O–H groups in total. The number of benzene rings is 2. The zero-order chi connectivity index (χ0) is 17.1. The van der Waals surface area contributed by atoms with E-state index in [2.05, 4.69) is 5.32 Å². The summed E-state index contributed by atoms with van der Waals surface area (Å²) >= 11 is 0. The predicted molar refractivity (Wildman–Crippen MR) is 87.8 cm³/mol. The summed E-state index contributed by atoms with van der Waals surface area (Å²) in [4.78, 5) is 0. The minimum absolute atomic E-state index is 0.0559. The highest BCUT2D eigenvalue weighted by Gasteiger charge is 2.32. The van der Waals surface area contributed by atoms with Gasteiger partial charge in [-0.1, -0.05) is 18.2 Å². The summed E-state index contributed by atoms with van der Waals surface area (Å²) in [7, 11) is 1.62. The Hall–Kier alpha value is -1.98. The van der Waals surface area contributed by atoms with Crippen molar-refractivity contribution in [1.82, 2.24) is 5.32 Å². The van der Waals surface area contributed by atoms with Gasteiger partial charge in [-0.2, -0.15) is 0 Å². The van der Waals surface area contributed by atoms with Crippen LogP contribution in [-0.2, 0) is 0 Å². The highest BCUT2D eigenvalue weighted by atomic mass is 19.1. The fraction of sp³-hybridized carbons (Fsp3) is 0.368. The molecule has 1 saturated carbocycles. The Bertz CT molecular complexity index is 666. The molecular weight excluding hydrogens is 312 g/mol. The molecule has 0 saturated heterocycles. The van der Waals surface area contributed by atoms with Crippen LogP contribution in [0.2, 0.25) is 0 Å². The normalized spacial score (nSPS) is 16.7. The lowest BCUT2D eigenvalue weighted by Gasteiger charge is -2.22. The second-order valence-electron chi connectivity index (χ2n) is 6.15. The molecule has 3 rings (SSSR count). The van der Waals surface area contributed by atoms with E-state index in [0.717, 1.165) is 36.3 Å². The molecule has 2 unspecified atom stereocenters. The number of halogens is 2. The fourth-order valence-electron chi connectivity index (χ4n) is 2.97. The summed E-state index contributed by atoms with van der Waals surface area (Å²) in [6, 6.07) is 11.4. The number of hydrogen-bond donors (Lipinski definition) is 2. The first-order valence-electron chi connectivity index (χ1n) is 8.09. The SMILES string of the molecule is COc1ccc(C(NCC(O)c2c(F)cccc2F)C2CC2)cc1. The first-order chi connectivity index (χ1) is 11.6. The van der Waals surface area contributed by atoms with E-state index in [1.54, 1.807) is 7.11 Å². The standard InChI is InChI=1S/C19H21F2NO2/c1-24-14-9-7-13(8-10-14)19(12-5-6-12)22-11-17(23)18-15(20)3-2-4-16(18)21/h2-4,7-10,12,17,19,22-23H,5-6,11H2,1H3. The van der Waals surface area contributed by atoms with Crippen LogP contribution in [0.25, 0.3) is 0 Å². The largest absolute Gasteiger partial charge is 0.497 e. The average Bonchev–Trinajstić information content (AvgIpc) is 3.40. The Morgan fingerprint density at radius 2 is 1.75 bits per heavy atom. The van der Waals surface area contributed by atoms with Crippen LogP contribution in [0.4, 0.5) is 8.78 Å². The van der Waals surface area contributed by atoms with Gasteiger partial charge in [0.25, 0.3) is 0 Å². The Balaban J connectivity index is 1.70.